The molecule has 0 N–H and O–H groups in total. The Balaban J connectivity index is 1.15. The van der Waals surface area contributed by atoms with Gasteiger partial charge in [-0.1, -0.05) is 170 Å². The average Bonchev–Trinajstić information content (AvgIpc) is 3.60. The Hall–Kier alpha value is -7.76. The number of ether oxygens (including phenoxy) is 1. The van der Waals surface area contributed by atoms with Gasteiger partial charge in [-0.15, -0.1) is 0 Å². The molecule has 0 fully saturated rings. The molecule has 2 aliphatic rings. The third kappa shape index (κ3) is 4.71. The van der Waals surface area contributed by atoms with Gasteiger partial charge in [-0.05, 0) is 51.9 Å². The average molecular weight is 741 g/mol. The lowest BCUT2D eigenvalue weighted by Gasteiger charge is -2.39. The smallest absolute Gasteiger partial charge is 0.164 e. The molecule has 3 heterocycles. The summed E-state index contributed by atoms with van der Waals surface area (Å²) in [5.41, 5.74) is 12.1. The molecule has 0 saturated carbocycles. The molecule has 8 aromatic carbocycles. The van der Waals surface area contributed by atoms with E-state index in [1.54, 1.807) is 0 Å². The van der Waals surface area contributed by atoms with Crippen molar-refractivity contribution in [2.24, 2.45) is 0 Å². The summed E-state index contributed by atoms with van der Waals surface area (Å²) in [6.07, 6.45) is 0. The number of benzene rings is 8. The van der Waals surface area contributed by atoms with Crippen molar-refractivity contribution in [1.29, 1.82) is 0 Å². The van der Waals surface area contributed by atoms with Crippen LogP contribution in [-0.2, 0) is 5.41 Å². The van der Waals surface area contributed by atoms with E-state index in [4.69, 9.17) is 24.7 Å². The van der Waals surface area contributed by atoms with Crippen LogP contribution in [0.2, 0.25) is 0 Å². The van der Waals surface area contributed by atoms with Crippen LogP contribution >= 0.6 is 0 Å². The zero-order valence-electron chi connectivity index (χ0n) is 31.2. The largest absolute Gasteiger partial charge is 0.457 e. The molecule has 5 nitrogen and oxygen atoms in total. The minimum atomic E-state index is -0.594. The first-order valence-electron chi connectivity index (χ1n) is 19.6. The van der Waals surface area contributed by atoms with Gasteiger partial charge in [-0.25, -0.2) is 19.9 Å². The molecule has 5 heteroatoms. The van der Waals surface area contributed by atoms with Gasteiger partial charge in [0.05, 0.1) is 16.6 Å². The molecular weight excluding hydrogens is 709 g/mol. The molecule has 12 rings (SSSR count). The lowest BCUT2D eigenvalue weighted by Crippen LogP contribution is -2.32. The monoisotopic (exact) mass is 740 g/mol. The molecule has 0 radical (unpaired) electrons. The van der Waals surface area contributed by atoms with Crippen LogP contribution < -0.4 is 4.74 Å². The number of nitrogens with zero attached hydrogens (tertiary/aromatic N) is 4. The molecule has 2 aromatic heterocycles. The van der Waals surface area contributed by atoms with Crippen molar-refractivity contribution in [2.75, 3.05) is 0 Å². The Morgan fingerprint density at radius 2 is 0.897 bits per heavy atom. The minimum absolute atomic E-state index is 0.594. The van der Waals surface area contributed by atoms with Gasteiger partial charge < -0.3 is 4.74 Å². The lowest BCUT2D eigenvalue weighted by molar-refractivity contribution is 0.436. The van der Waals surface area contributed by atoms with Crippen molar-refractivity contribution in [3.63, 3.8) is 0 Å². The summed E-state index contributed by atoms with van der Waals surface area (Å²) in [5.74, 6) is 3.59. The zero-order chi connectivity index (χ0) is 38.2. The Kier molecular flexibility index (Phi) is 7.07. The molecule has 0 amide bonds. The summed E-state index contributed by atoms with van der Waals surface area (Å²) >= 11 is 0. The van der Waals surface area contributed by atoms with Gasteiger partial charge in [0.15, 0.2) is 17.5 Å². The molecule has 1 aliphatic heterocycles. The summed E-state index contributed by atoms with van der Waals surface area (Å²) in [6.45, 7) is 0. The molecule has 58 heavy (non-hydrogen) atoms. The van der Waals surface area contributed by atoms with Crippen LogP contribution in [0.25, 0.3) is 78.2 Å². The molecule has 0 saturated heterocycles. The van der Waals surface area contributed by atoms with E-state index in [0.29, 0.717) is 17.5 Å². The zero-order valence-corrected chi connectivity index (χ0v) is 31.2. The predicted molar refractivity (Wildman–Crippen MR) is 232 cm³/mol. The second-order valence-electron chi connectivity index (χ2n) is 14.9. The summed E-state index contributed by atoms with van der Waals surface area (Å²) < 4.78 is 6.63. The number of rotatable bonds is 4. The molecule has 270 valence electrons. The van der Waals surface area contributed by atoms with E-state index in [-0.39, 0.29) is 0 Å². The number of hydrogen-bond acceptors (Lipinski definition) is 5. The van der Waals surface area contributed by atoms with Crippen LogP contribution in [0.1, 0.15) is 22.3 Å². The van der Waals surface area contributed by atoms with E-state index >= 15 is 0 Å². The Labute approximate surface area is 335 Å². The molecule has 1 aliphatic carbocycles. The van der Waals surface area contributed by atoms with Gasteiger partial charge in [0, 0.05) is 44.2 Å². The summed E-state index contributed by atoms with van der Waals surface area (Å²) in [5, 5.41) is 3.39. The molecule has 10 aromatic rings. The number of fused-ring (bicyclic) bond motifs is 13. The predicted octanol–water partition coefficient (Wildman–Crippen LogP) is 12.7. The SMILES string of the molecule is c1ccc(-c2nc(-c3ccccc3)nc(-c3cccc(-c4nc5ccccc5c5ccc6c(c45)-c4ccccc4C64c5ccccc5Oc5ccccc54)c3)n2)cc1. The normalized spacial score (nSPS) is 13.1. The third-order valence-corrected chi connectivity index (χ3v) is 11.8. The molecule has 0 bridgehead atoms. The maximum Gasteiger partial charge on any atom is 0.164 e. The van der Waals surface area contributed by atoms with E-state index in [2.05, 4.69) is 133 Å². The minimum Gasteiger partial charge on any atom is -0.457 e. The first-order valence-corrected chi connectivity index (χ1v) is 19.6. The number of para-hydroxylation sites is 3. The maximum atomic E-state index is 6.63. The molecule has 1 spiro atoms. The maximum absolute atomic E-state index is 6.63. The van der Waals surface area contributed by atoms with Crippen molar-refractivity contribution >= 4 is 21.7 Å². The van der Waals surface area contributed by atoms with Crippen molar-refractivity contribution in [1.82, 2.24) is 19.9 Å². The first-order chi connectivity index (χ1) is 28.8. The molecule has 0 unspecified atom stereocenters. The van der Waals surface area contributed by atoms with E-state index in [1.165, 1.54) is 22.3 Å². The number of aromatic nitrogens is 4. The van der Waals surface area contributed by atoms with Crippen LogP contribution in [0, 0.1) is 0 Å². The van der Waals surface area contributed by atoms with E-state index < -0.39 is 5.41 Å². The van der Waals surface area contributed by atoms with Gasteiger partial charge in [-0.2, -0.15) is 0 Å². The van der Waals surface area contributed by atoms with E-state index in [0.717, 1.165) is 72.2 Å². The van der Waals surface area contributed by atoms with Gasteiger partial charge in [0.25, 0.3) is 0 Å². The topological polar surface area (TPSA) is 60.8 Å². The van der Waals surface area contributed by atoms with E-state index in [9.17, 15) is 0 Å². The second-order valence-corrected chi connectivity index (χ2v) is 14.9. The molecule has 0 atom stereocenters. The van der Waals surface area contributed by atoms with Crippen LogP contribution in [0.15, 0.2) is 194 Å². The van der Waals surface area contributed by atoms with Crippen molar-refractivity contribution in [3.05, 3.63) is 216 Å². The summed E-state index contributed by atoms with van der Waals surface area (Å²) in [7, 11) is 0. The first kappa shape index (κ1) is 32.5. The Morgan fingerprint density at radius 1 is 0.362 bits per heavy atom. The van der Waals surface area contributed by atoms with Gasteiger partial charge >= 0.3 is 0 Å². The fraction of sp³-hybridized carbons (Fsp3) is 0.0189. The summed E-state index contributed by atoms with van der Waals surface area (Å²) in [6, 6.07) is 67.7. The van der Waals surface area contributed by atoms with Crippen LogP contribution in [-0.4, -0.2) is 19.9 Å². The van der Waals surface area contributed by atoms with Crippen molar-refractivity contribution < 1.29 is 4.74 Å². The highest BCUT2D eigenvalue weighted by Crippen LogP contribution is 2.63. The van der Waals surface area contributed by atoms with Crippen LogP contribution in [0.4, 0.5) is 0 Å². The van der Waals surface area contributed by atoms with Crippen LogP contribution in [0.3, 0.4) is 0 Å². The van der Waals surface area contributed by atoms with E-state index in [1.807, 2.05) is 60.7 Å². The lowest BCUT2D eigenvalue weighted by atomic mass is 9.66. The summed E-state index contributed by atoms with van der Waals surface area (Å²) in [4.78, 5) is 20.6. The van der Waals surface area contributed by atoms with Gasteiger partial charge in [0.1, 0.15) is 11.5 Å². The van der Waals surface area contributed by atoms with Crippen molar-refractivity contribution in [2.45, 2.75) is 5.41 Å². The molecular formula is C53H32N4O. The fourth-order valence-corrected chi connectivity index (χ4v) is 9.34. The Morgan fingerprint density at radius 3 is 1.59 bits per heavy atom. The van der Waals surface area contributed by atoms with Crippen molar-refractivity contribution in [3.8, 4) is 68.0 Å². The fourth-order valence-electron chi connectivity index (χ4n) is 9.34. The number of pyridine rings is 1. The third-order valence-electron chi connectivity index (χ3n) is 11.8. The number of hydrogen-bond donors (Lipinski definition) is 0. The quantitative estimate of drug-likeness (QED) is 0.168. The second kappa shape index (κ2) is 12.6. The standard InChI is InChI=1S/C53H32N4O/c1-3-16-33(17-4-1)50-55-51(34-18-5-2-6-19-34)57-52(56-50)36-21-15-20-35(32-36)49-48-38(37-22-8-12-27-44(37)54-49)30-31-43-47(48)39-23-7-9-24-40(39)53(43)41-25-10-13-28-45(41)58-46-29-14-11-26-42(46)53/h1-32H. The highest BCUT2D eigenvalue weighted by Gasteiger charge is 2.51. The Bertz CT molecular complexity index is 3170. The van der Waals surface area contributed by atoms with Gasteiger partial charge in [-0.3, -0.25) is 0 Å². The highest BCUT2D eigenvalue weighted by molar-refractivity contribution is 6.18. The van der Waals surface area contributed by atoms with Crippen LogP contribution in [0.5, 0.6) is 11.5 Å². The van der Waals surface area contributed by atoms with Gasteiger partial charge in [0.2, 0.25) is 0 Å². The highest BCUT2D eigenvalue weighted by atomic mass is 16.5.